The summed E-state index contributed by atoms with van der Waals surface area (Å²) in [6.45, 7) is 5.40. The van der Waals surface area contributed by atoms with E-state index in [2.05, 4.69) is 12.2 Å². The van der Waals surface area contributed by atoms with E-state index >= 15 is 0 Å². The Kier molecular flexibility index (Phi) is 9.37. The molecular formula is C17H26Cl2N2O2. The zero-order valence-electron chi connectivity index (χ0n) is 13.6. The monoisotopic (exact) mass is 360 g/mol. The molecule has 1 aromatic carbocycles. The summed E-state index contributed by atoms with van der Waals surface area (Å²) >= 11 is 6.04. The van der Waals surface area contributed by atoms with E-state index < -0.39 is 0 Å². The van der Waals surface area contributed by atoms with Gasteiger partial charge < -0.3 is 15.0 Å². The molecule has 0 spiro atoms. The molecule has 1 aliphatic rings. The van der Waals surface area contributed by atoms with Crippen molar-refractivity contribution in [2.75, 3.05) is 26.2 Å². The number of ether oxygens (including phenoxy) is 1. The van der Waals surface area contributed by atoms with Gasteiger partial charge in [0.05, 0.1) is 11.6 Å². The summed E-state index contributed by atoms with van der Waals surface area (Å²) in [6, 6.07) is 7.77. The molecule has 4 nitrogen and oxygen atoms in total. The van der Waals surface area contributed by atoms with E-state index in [0.29, 0.717) is 36.3 Å². The first-order valence-corrected chi connectivity index (χ1v) is 8.47. The average Bonchev–Trinajstić information content (AvgIpc) is 3.04. The summed E-state index contributed by atoms with van der Waals surface area (Å²) in [5, 5.41) is 3.94. The lowest BCUT2D eigenvalue weighted by atomic mass is 10.1. The minimum Gasteiger partial charge on any atom is -0.492 e. The molecule has 1 aromatic rings. The quantitative estimate of drug-likeness (QED) is 0.721. The molecule has 1 N–H and O–H groups in total. The minimum atomic E-state index is 0. The lowest BCUT2D eigenvalue weighted by molar-refractivity contribution is -0.133. The Hall–Kier alpha value is -0.970. The largest absolute Gasteiger partial charge is 0.492 e. The molecule has 1 aliphatic heterocycles. The number of hydrogen-bond acceptors (Lipinski definition) is 3. The SMILES string of the molecule is CCCN(C(=O)CCCOc1ccccc1Cl)C1CCNC1.Cl. The molecule has 6 heteroatoms. The van der Waals surface area contributed by atoms with E-state index in [1.54, 1.807) is 6.07 Å². The Balaban J connectivity index is 0.00000264. The van der Waals surface area contributed by atoms with Crippen molar-refractivity contribution in [2.45, 2.75) is 38.6 Å². The number of nitrogens with zero attached hydrogens (tertiary/aromatic N) is 1. The van der Waals surface area contributed by atoms with E-state index in [-0.39, 0.29) is 18.3 Å². The highest BCUT2D eigenvalue weighted by Crippen LogP contribution is 2.23. The van der Waals surface area contributed by atoms with E-state index in [1.807, 2.05) is 23.1 Å². The Morgan fingerprint density at radius 3 is 2.87 bits per heavy atom. The van der Waals surface area contributed by atoms with E-state index in [1.165, 1.54) is 0 Å². The van der Waals surface area contributed by atoms with Crippen LogP contribution in [0.3, 0.4) is 0 Å². The van der Waals surface area contributed by atoms with Gasteiger partial charge in [-0.2, -0.15) is 0 Å². The summed E-state index contributed by atoms with van der Waals surface area (Å²) in [5.41, 5.74) is 0. The molecule has 1 atom stereocenters. The fraction of sp³-hybridized carbons (Fsp3) is 0.588. The molecule has 2 rings (SSSR count). The molecule has 1 heterocycles. The van der Waals surface area contributed by atoms with Crippen molar-refractivity contribution in [1.82, 2.24) is 10.2 Å². The van der Waals surface area contributed by atoms with E-state index in [9.17, 15) is 4.79 Å². The van der Waals surface area contributed by atoms with Gasteiger partial charge in [0.1, 0.15) is 5.75 Å². The van der Waals surface area contributed by atoms with Gasteiger partial charge in [-0.25, -0.2) is 0 Å². The predicted octanol–water partition coefficient (Wildman–Crippen LogP) is 3.52. The second-order valence-electron chi connectivity index (χ2n) is 5.62. The fourth-order valence-corrected chi connectivity index (χ4v) is 2.96. The zero-order chi connectivity index (χ0) is 15.8. The molecule has 130 valence electrons. The third-order valence-electron chi connectivity index (χ3n) is 3.89. The normalized spacial score (nSPS) is 16.7. The molecule has 23 heavy (non-hydrogen) atoms. The maximum absolute atomic E-state index is 12.4. The van der Waals surface area contributed by atoms with Crippen molar-refractivity contribution in [3.8, 4) is 5.75 Å². The highest BCUT2D eigenvalue weighted by molar-refractivity contribution is 6.32. The highest BCUT2D eigenvalue weighted by Gasteiger charge is 2.25. The Labute approximate surface area is 149 Å². The summed E-state index contributed by atoms with van der Waals surface area (Å²) in [6.07, 6.45) is 3.30. The van der Waals surface area contributed by atoms with Crippen LogP contribution >= 0.6 is 24.0 Å². The van der Waals surface area contributed by atoms with Gasteiger partial charge in [-0.15, -0.1) is 12.4 Å². The number of nitrogens with one attached hydrogen (secondary N) is 1. The first-order valence-electron chi connectivity index (χ1n) is 8.10. The number of carbonyl (C=O) groups excluding carboxylic acids is 1. The van der Waals surface area contributed by atoms with Crippen molar-refractivity contribution in [3.05, 3.63) is 29.3 Å². The molecule has 1 amide bonds. The number of hydrogen-bond donors (Lipinski definition) is 1. The van der Waals surface area contributed by atoms with E-state index in [0.717, 1.165) is 32.5 Å². The van der Waals surface area contributed by atoms with Crippen LogP contribution in [0.4, 0.5) is 0 Å². The zero-order valence-corrected chi connectivity index (χ0v) is 15.2. The number of benzene rings is 1. The number of rotatable bonds is 8. The van der Waals surface area contributed by atoms with Crippen LogP contribution in [0.2, 0.25) is 5.02 Å². The van der Waals surface area contributed by atoms with Crippen LogP contribution in [0, 0.1) is 0 Å². The lowest BCUT2D eigenvalue weighted by Crippen LogP contribution is -2.42. The summed E-state index contributed by atoms with van der Waals surface area (Å²) in [4.78, 5) is 14.5. The number of halogens is 2. The number of carbonyl (C=O) groups is 1. The van der Waals surface area contributed by atoms with Gasteiger partial charge in [0.25, 0.3) is 0 Å². The van der Waals surface area contributed by atoms with Crippen LogP contribution in [0.25, 0.3) is 0 Å². The molecule has 0 radical (unpaired) electrons. The molecule has 0 bridgehead atoms. The highest BCUT2D eigenvalue weighted by atomic mass is 35.5. The van der Waals surface area contributed by atoms with Crippen LogP contribution in [0.15, 0.2) is 24.3 Å². The van der Waals surface area contributed by atoms with Crippen LogP contribution in [0.5, 0.6) is 5.75 Å². The predicted molar refractivity (Wildman–Crippen MR) is 96.7 cm³/mol. The molecule has 0 saturated carbocycles. The maximum Gasteiger partial charge on any atom is 0.222 e. The first kappa shape index (κ1) is 20.1. The van der Waals surface area contributed by atoms with Gasteiger partial charge >= 0.3 is 0 Å². The second kappa shape index (κ2) is 10.7. The van der Waals surface area contributed by atoms with E-state index in [4.69, 9.17) is 16.3 Å². The van der Waals surface area contributed by atoms with Gasteiger partial charge in [-0.1, -0.05) is 30.7 Å². The molecule has 1 saturated heterocycles. The van der Waals surface area contributed by atoms with Gasteiger partial charge in [-0.3, -0.25) is 4.79 Å². The summed E-state index contributed by atoms with van der Waals surface area (Å²) in [5.74, 6) is 0.917. The molecular weight excluding hydrogens is 335 g/mol. The third kappa shape index (κ3) is 6.21. The molecule has 1 unspecified atom stereocenters. The molecule has 0 aromatic heterocycles. The van der Waals surface area contributed by atoms with Crippen molar-refractivity contribution in [2.24, 2.45) is 0 Å². The topological polar surface area (TPSA) is 41.6 Å². The first-order chi connectivity index (χ1) is 10.7. The van der Waals surface area contributed by atoms with Gasteiger partial charge in [0, 0.05) is 25.6 Å². The van der Waals surface area contributed by atoms with Crippen LogP contribution in [0.1, 0.15) is 32.6 Å². The van der Waals surface area contributed by atoms with Crippen molar-refractivity contribution < 1.29 is 9.53 Å². The van der Waals surface area contributed by atoms with Gasteiger partial charge in [-0.05, 0) is 37.9 Å². The minimum absolute atomic E-state index is 0. The number of para-hydroxylation sites is 1. The Bertz CT molecular complexity index is 479. The number of amides is 1. The van der Waals surface area contributed by atoms with Crippen LogP contribution < -0.4 is 10.1 Å². The van der Waals surface area contributed by atoms with Crippen molar-refractivity contribution >= 4 is 29.9 Å². The summed E-state index contributed by atoms with van der Waals surface area (Å²) in [7, 11) is 0. The van der Waals surface area contributed by atoms with Gasteiger partial charge in [0.15, 0.2) is 0 Å². The molecule has 0 aliphatic carbocycles. The Morgan fingerprint density at radius 2 is 2.22 bits per heavy atom. The average molecular weight is 361 g/mol. The van der Waals surface area contributed by atoms with Crippen molar-refractivity contribution in [3.63, 3.8) is 0 Å². The van der Waals surface area contributed by atoms with Crippen LogP contribution in [-0.4, -0.2) is 43.1 Å². The fourth-order valence-electron chi connectivity index (χ4n) is 2.77. The second-order valence-corrected chi connectivity index (χ2v) is 6.02. The smallest absolute Gasteiger partial charge is 0.222 e. The third-order valence-corrected chi connectivity index (χ3v) is 4.20. The maximum atomic E-state index is 12.4. The Morgan fingerprint density at radius 1 is 1.43 bits per heavy atom. The van der Waals surface area contributed by atoms with Gasteiger partial charge in [0.2, 0.25) is 5.91 Å². The van der Waals surface area contributed by atoms with Crippen LogP contribution in [-0.2, 0) is 4.79 Å². The standard InChI is InChI=1S/C17H25ClN2O2.ClH/c1-2-11-20(14-9-10-19-13-14)17(21)8-5-12-22-16-7-4-3-6-15(16)18;/h3-4,6-7,14,19H,2,5,8-13H2,1H3;1H. The summed E-state index contributed by atoms with van der Waals surface area (Å²) < 4.78 is 5.64. The lowest BCUT2D eigenvalue weighted by Gasteiger charge is -2.28. The molecule has 1 fully saturated rings. The van der Waals surface area contributed by atoms with Crippen molar-refractivity contribution in [1.29, 1.82) is 0 Å².